The summed E-state index contributed by atoms with van der Waals surface area (Å²) in [5.41, 5.74) is -0.579. The highest BCUT2D eigenvalue weighted by Gasteiger charge is 2.69. The summed E-state index contributed by atoms with van der Waals surface area (Å²) in [4.78, 5) is 39.7. The Labute approximate surface area is 143 Å². The summed E-state index contributed by atoms with van der Waals surface area (Å²) in [6, 6.07) is 3.58. The Balaban J connectivity index is 1.83. The van der Waals surface area contributed by atoms with E-state index in [1.54, 1.807) is 6.92 Å². The SMILES string of the molecule is COCCN1C(=O)[C@@H]2[C@H](C)N[C@]3(C(=O)Nc4ccc(F)cc43)[C@H]2C1=O. The first-order valence-corrected chi connectivity index (χ1v) is 8.15. The molecule has 1 aromatic rings. The van der Waals surface area contributed by atoms with Gasteiger partial charge in [-0.3, -0.25) is 24.6 Å². The molecule has 132 valence electrons. The Bertz CT molecular complexity index is 798. The van der Waals surface area contributed by atoms with Crippen molar-refractivity contribution in [3.63, 3.8) is 0 Å². The number of rotatable bonds is 3. The number of amides is 3. The van der Waals surface area contributed by atoms with Crippen LogP contribution in [0.2, 0.25) is 0 Å². The molecule has 0 bridgehead atoms. The average molecular weight is 347 g/mol. The number of methoxy groups -OCH3 is 1. The molecule has 2 saturated heterocycles. The fourth-order valence-corrected chi connectivity index (χ4v) is 4.40. The third kappa shape index (κ3) is 1.95. The van der Waals surface area contributed by atoms with E-state index in [9.17, 15) is 18.8 Å². The van der Waals surface area contributed by atoms with E-state index in [0.717, 1.165) is 4.90 Å². The van der Waals surface area contributed by atoms with Gasteiger partial charge in [-0.1, -0.05) is 0 Å². The van der Waals surface area contributed by atoms with Crippen LogP contribution in [0, 0.1) is 17.7 Å². The minimum Gasteiger partial charge on any atom is -0.383 e. The number of hydrogen-bond donors (Lipinski definition) is 2. The Morgan fingerprint density at radius 2 is 2.04 bits per heavy atom. The average Bonchev–Trinajstić information content (AvgIpc) is 3.12. The molecule has 4 rings (SSSR count). The van der Waals surface area contributed by atoms with Gasteiger partial charge in [0.15, 0.2) is 0 Å². The number of fused-ring (bicyclic) bond motifs is 4. The molecule has 3 aliphatic heterocycles. The minimum absolute atomic E-state index is 0.140. The lowest BCUT2D eigenvalue weighted by atomic mass is 9.76. The van der Waals surface area contributed by atoms with Gasteiger partial charge in [0.2, 0.25) is 17.7 Å². The minimum atomic E-state index is -1.42. The van der Waals surface area contributed by atoms with Crippen LogP contribution in [0.4, 0.5) is 10.1 Å². The molecule has 2 N–H and O–H groups in total. The second-order valence-electron chi connectivity index (χ2n) is 6.71. The van der Waals surface area contributed by atoms with Gasteiger partial charge in [-0.15, -0.1) is 0 Å². The van der Waals surface area contributed by atoms with Gasteiger partial charge in [-0.2, -0.15) is 0 Å². The second-order valence-corrected chi connectivity index (χ2v) is 6.71. The highest BCUT2D eigenvalue weighted by atomic mass is 19.1. The second kappa shape index (κ2) is 5.34. The van der Waals surface area contributed by atoms with Crippen LogP contribution in [-0.4, -0.2) is 48.9 Å². The van der Waals surface area contributed by atoms with E-state index in [1.165, 1.54) is 25.3 Å². The summed E-state index contributed by atoms with van der Waals surface area (Å²) in [6.07, 6.45) is 0. The van der Waals surface area contributed by atoms with Crippen LogP contribution >= 0.6 is 0 Å². The Kier molecular flexibility index (Phi) is 3.45. The summed E-state index contributed by atoms with van der Waals surface area (Å²) in [6.45, 7) is 2.13. The maximum absolute atomic E-state index is 13.8. The zero-order valence-electron chi connectivity index (χ0n) is 13.8. The van der Waals surface area contributed by atoms with E-state index < -0.39 is 41.0 Å². The lowest BCUT2D eigenvalue weighted by molar-refractivity contribution is -0.143. The van der Waals surface area contributed by atoms with E-state index in [1.807, 2.05) is 0 Å². The fraction of sp³-hybridized carbons (Fsp3) is 0.471. The number of carbonyl (C=O) groups excluding carboxylic acids is 3. The smallest absolute Gasteiger partial charge is 0.250 e. The van der Waals surface area contributed by atoms with Gasteiger partial charge in [-0.05, 0) is 25.1 Å². The number of halogens is 1. The number of imide groups is 1. The van der Waals surface area contributed by atoms with Crippen molar-refractivity contribution in [3.05, 3.63) is 29.6 Å². The number of ether oxygens (including phenoxy) is 1. The van der Waals surface area contributed by atoms with Crippen LogP contribution in [0.5, 0.6) is 0 Å². The number of benzene rings is 1. The summed E-state index contributed by atoms with van der Waals surface area (Å²) in [5.74, 6) is -3.22. The van der Waals surface area contributed by atoms with Crippen LogP contribution in [0.3, 0.4) is 0 Å². The zero-order valence-corrected chi connectivity index (χ0v) is 13.8. The Morgan fingerprint density at radius 1 is 1.28 bits per heavy atom. The lowest BCUT2D eigenvalue weighted by Gasteiger charge is -2.29. The van der Waals surface area contributed by atoms with Gasteiger partial charge in [0.25, 0.3) is 0 Å². The Hall–Kier alpha value is -2.32. The monoisotopic (exact) mass is 347 g/mol. The van der Waals surface area contributed by atoms with Gasteiger partial charge in [-0.25, -0.2) is 4.39 Å². The summed E-state index contributed by atoms with van der Waals surface area (Å²) < 4.78 is 18.8. The van der Waals surface area contributed by atoms with Crippen LogP contribution in [0.1, 0.15) is 12.5 Å². The van der Waals surface area contributed by atoms with E-state index >= 15 is 0 Å². The summed E-state index contributed by atoms with van der Waals surface area (Å²) >= 11 is 0. The van der Waals surface area contributed by atoms with Crippen molar-refractivity contribution in [3.8, 4) is 0 Å². The van der Waals surface area contributed by atoms with Gasteiger partial charge < -0.3 is 10.1 Å². The molecule has 2 fully saturated rings. The van der Waals surface area contributed by atoms with E-state index in [2.05, 4.69) is 10.6 Å². The molecule has 4 atom stereocenters. The van der Waals surface area contributed by atoms with Crippen molar-refractivity contribution in [2.45, 2.75) is 18.5 Å². The molecular formula is C17H18FN3O4. The van der Waals surface area contributed by atoms with Crippen LogP contribution in [0.15, 0.2) is 18.2 Å². The van der Waals surface area contributed by atoms with Crippen molar-refractivity contribution in [1.29, 1.82) is 0 Å². The molecule has 1 spiro atoms. The molecule has 7 nitrogen and oxygen atoms in total. The van der Waals surface area contributed by atoms with Crippen molar-refractivity contribution in [2.24, 2.45) is 11.8 Å². The first-order valence-electron chi connectivity index (χ1n) is 8.15. The molecule has 3 aliphatic rings. The quantitative estimate of drug-likeness (QED) is 0.764. The first-order chi connectivity index (χ1) is 11.9. The van der Waals surface area contributed by atoms with Crippen molar-refractivity contribution < 1.29 is 23.5 Å². The molecule has 0 saturated carbocycles. The van der Waals surface area contributed by atoms with Gasteiger partial charge in [0, 0.05) is 24.4 Å². The third-order valence-corrected chi connectivity index (χ3v) is 5.43. The largest absolute Gasteiger partial charge is 0.383 e. The summed E-state index contributed by atoms with van der Waals surface area (Å²) in [7, 11) is 1.49. The Morgan fingerprint density at radius 3 is 2.76 bits per heavy atom. The molecule has 3 heterocycles. The van der Waals surface area contributed by atoms with E-state index in [-0.39, 0.29) is 19.1 Å². The topological polar surface area (TPSA) is 87.7 Å². The zero-order chi connectivity index (χ0) is 17.9. The summed E-state index contributed by atoms with van der Waals surface area (Å²) in [5, 5.41) is 5.83. The van der Waals surface area contributed by atoms with Crippen molar-refractivity contribution in [2.75, 3.05) is 25.6 Å². The molecule has 0 radical (unpaired) electrons. The van der Waals surface area contributed by atoms with Crippen molar-refractivity contribution in [1.82, 2.24) is 10.2 Å². The molecule has 1 aromatic carbocycles. The maximum Gasteiger partial charge on any atom is 0.250 e. The molecule has 0 aliphatic carbocycles. The highest BCUT2D eigenvalue weighted by Crippen LogP contribution is 2.52. The van der Waals surface area contributed by atoms with Crippen LogP contribution < -0.4 is 10.6 Å². The number of nitrogens with one attached hydrogen (secondary N) is 2. The molecule has 0 unspecified atom stereocenters. The number of carbonyl (C=O) groups is 3. The van der Waals surface area contributed by atoms with Crippen LogP contribution in [-0.2, 0) is 24.7 Å². The lowest BCUT2D eigenvalue weighted by Crippen LogP contribution is -2.53. The number of nitrogens with zero attached hydrogens (tertiary/aromatic N) is 1. The predicted octanol–water partition coefficient (Wildman–Crippen LogP) is 0.212. The third-order valence-electron chi connectivity index (χ3n) is 5.43. The van der Waals surface area contributed by atoms with Gasteiger partial charge in [0.05, 0.1) is 25.0 Å². The van der Waals surface area contributed by atoms with Crippen LogP contribution in [0.25, 0.3) is 0 Å². The first kappa shape index (κ1) is 16.2. The number of anilines is 1. The van der Waals surface area contributed by atoms with Gasteiger partial charge >= 0.3 is 0 Å². The number of likely N-dealkylation sites (tertiary alicyclic amines) is 1. The molecular weight excluding hydrogens is 329 g/mol. The number of hydrogen-bond acceptors (Lipinski definition) is 5. The van der Waals surface area contributed by atoms with Crippen molar-refractivity contribution >= 4 is 23.4 Å². The maximum atomic E-state index is 13.8. The highest BCUT2D eigenvalue weighted by molar-refractivity contribution is 6.15. The normalized spacial score (nSPS) is 33.2. The van der Waals surface area contributed by atoms with E-state index in [4.69, 9.17) is 4.74 Å². The predicted molar refractivity (Wildman–Crippen MR) is 84.9 cm³/mol. The van der Waals surface area contributed by atoms with E-state index in [0.29, 0.717) is 11.3 Å². The standard InChI is InChI=1S/C17H18FN3O4/c1-8-12-13(15(23)21(14(12)22)5-6-25-2)17(20-8)10-7-9(18)3-4-11(10)19-16(17)24/h3-4,7-8,12-13,20H,5-6H2,1-2H3,(H,19,24)/t8-,12+,13+,17-/m0/s1. The molecule has 0 aromatic heterocycles. The molecule has 25 heavy (non-hydrogen) atoms. The molecule has 8 heteroatoms. The fourth-order valence-electron chi connectivity index (χ4n) is 4.40. The van der Waals surface area contributed by atoms with Gasteiger partial charge in [0.1, 0.15) is 11.4 Å². The molecule has 3 amide bonds.